The summed E-state index contributed by atoms with van der Waals surface area (Å²) in [7, 11) is 0. The first-order chi connectivity index (χ1) is 9.47. The van der Waals surface area contributed by atoms with E-state index in [9.17, 15) is 14.9 Å². The number of hydrogen-bond donors (Lipinski definition) is 1. The SMILES string of the molecule is O=C(Nc1ccc(Br)c([N+](=O)[O-])c1)c1cccc(I)c1. The molecular weight excluding hydrogens is 439 g/mol. The molecule has 0 aliphatic carbocycles. The maximum atomic E-state index is 12.0. The number of halogens is 2. The second kappa shape index (κ2) is 6.31. The maximum Gasteiger partial charge on any atom is 0.285 e. The van der Waals surface area contributed by atoms with Gasteiger partial charge in [0.2, 0.25) is 0 Å². The van der Waals surface area contributed by atoms with Gasteiger partial charge in [0.15, 0.2) is 0 Å². The predicted molar refractivity (Wildman–Crippen MR) is 87.9 cm³/mol. The summed E-state index contributed by atoms with van der Waals surface area (Å²) in [6.45, 7) is 0. The monoisotopic (exact) mass is 446 g/mol. The Morgan fingerprint density at radius 1 is 1.25 bits per heavy atom. The lowest BCUT2D eigenvalue weighted by atomic mass is 10.2. The zero-order valence-electron chi connectivity index (χ0n) is 9.97. The van der Waals surface area contributed by atoms with Crippen LogP contribution in [0, 0.1) is 13.7 Å². The number of carbonyl (C=O) groups excluding carboxylic acids is 1. The average Bonchev–Trinajstić information content (AvgIpc) is 2.40. The Labute approximate surface area is 136 Å². The Bertz CT molecular complexity index is 691. The molecule has 0 bridgehead atoms. The van der Waals surface area contributed by atoms with E-state index in [1.54, 1.807) is 24.3 Å². The van der Waals surface area contributed by atoms with Crippen molar-refractivity contribution in [2.45, 2.75) is 0 Å². The fourth-order valence-corrected chi connectivity index (χ4v) is 2.50. The highest BCUT2D eigenvalue weighted by atomic mass is 127. The molecule has 2 aromatic carbocycles. The number of hydrogen-bond acceptors (Lipinski definition) is 3. The lowest BCUT2D eigenvalue weighted by molar-refractivity contribution is -0.385. The van der Waals surface area contributed by atoms with Crippen LogP contribution >= 0.6 is 38.5 Å². The van der Waals surface area contributed by atoms with Crippen LogP contribution in [0.2, 0.25) is 0 Å². The molecule has 0 spiro atoms. The van der Waals surface area contributed by atoms with Gasteiger partial charge in [-0.3, -0.25) is 14.9 Å². The molecule has 0 heterocycles. The van der Waals surface area contributed by atoms with Gasteiger partial charge in [-0.2, -0.15) is 0 Å². The van der Waals surface area contributed by atoms with Gasteiger partial charge in [-0.1, -0.05) is 6.07 Å². The summed E-state index contributed by atoms with van der Waals surface area (Å²) < 4.78 is 1.31. The number of nitrogens with zero attached hydrogens (tertiary/aromatic N) is 1. The number of benzene rings is 2. The highest BCUT2D eigenvalue weighted by molar-refractivity contribution is 14.1. The lowest BCUT2D eigenvalue weighted by Crippen LogP contribution is -2.12. The molecule has 0 saturated carbocycles. The number of nitro benzene ring substituents is 1. The van der Waals surface area contributed by atoms with Crippen LogP contribution in [0.4, 0.5) is 11.4 Å². The molecule has 0 unspecified atom stereocenters. The Morgan fingerprint density at radius 2 is 2.00 bits per heavy atom. The number of nitrogens with one attached hydrogen (secondary N) is 1. The Balaban J connectivity index is 2.24. The molecule has 2 aromatic rings. The third-order valence-corrected chi connectivity index (χ3v) is 3.83. The van der Waals surface area contributed by atoms with Crippen LogP contribution in [0.3, 0.4) is 0 Å². The minimum absolute atomic E-state index is 0.0922. The van der Waals surface area contributed by atoms with Crippen molar-refractivity contribution < 1.29 is 9.72 Å². The first-order valence-electron chi connectivity index (χ1n) is 5.48. The molecule has 0 aromatic heterocycles. The molecule has 0 aliphatic rings. The number of anilines is 1. The van der Waals surface area contributed by atoms with Crippen molar-refractivity contribution in [1.82, 2.24) is 0 Å². The van der Waals surface area contributed by atoms with Crippen LogP contribution in [0.5, 0.6) is 0 Å². The molecule has 2 rings (SSSR count). The Kier molecular flexibility index (Phi) is 4.71. The Morgan fingerprint density at radius 3 is 2.65 bits per heavy atom. The second-order valence-corrected chi connectivity index (χ2v) is 5.99. The zero-order valence-corrected chi connectivity index (χ0v) is 13.7. The van der Waals surface area contributed by atoms with Gasteiger partial charge in [0, 0.05) is 20.9 Å². The van der Waals surface area contributed by atoms with Gasteiger partial charge in [0.25, 0.3) is 11.6 Å². The summed E-state index contributed by atoms with van der Waals surface area (Å²) in [5.41, 5.74) is 0.789. The normalized spacial score (nSPS) is 10.1. The average molecular weight is 447 g/mol. The standard InChI is InChI=1S/C13H8BrIN2O3/c14-11-5-4-10(7-12(11)17(19)20)16-13(18)8-2-1-3-9(15)6-8/h1-7H,(H,16,18). The molecule has 0 saturated heterocycles. The van der Waals surface area contributed by atoms with E-state index in [-0.39, 0.29) is 11.6 Å². The fourth-order valence-electron chi connectivity index (χ4n) is 1.56. The molecule has 0 radical (unpaired) electrons. The van der Waals surface area contributed by atoms with Crippen LogP contribution in [0.15, 0.2) is 46.9 Å². The maximum absolute atomic E-state index is 12.0. The van der Waals surface area contributed by atoms with Crippen molar-refractivity contribution in [2.24, 2.45) is 0 Å². The van der Waals surface area contributed by atoms with Crippen LogP contribution < -0.4 is 5.32 Å². The molecule has 1 amide bonds. The highest BCUT2D eigenvalue weighted by Gasteiger charge is 2.14. The summed E-state index contributed by atoms with van der Waals surface area (Å²) in [5, 5.41) is 13.5. The molecular formula is C13H8BrIN2O3. The molecule has 0 aliphatic heterocycles. The van der Waals surface area contributed by atoms with Crippen LogP contribution in [-0.2, 0) is 0 Å². The second-order valence-electron chi connectivity index (χ2n) is 3.89. The van der Waals surface area contributed by atoms with E-state index >= 15 is 0 Å². The van der Waals surface area contributed by atoms with Gasteiger partial charge in [-0.15, -0.1) is 0 Å². The number of rotatable bonds is 3. The lowest BCUT2D eigenvalue weighted by Gasteiger charge is -2.06. The molecule has 20 heavy (non-hydrogen) atoms. The van der Waals surface area contributed by atoms with Crippen molar-refractivity contribution in [2.75, 3.05) is 5.32 Å². The number of carbonyl (C=O) groups is 1. The van der Waals surface area contributed by atoms with Crippen molar-refractivity contribution >= 4 is 55.8 Å². The minimum Gasteiger partial charge on any atom is -0.322 e. The zero-order chi connectivity index (χ0) is 14.7. The van der Waals surface area contributed by atoms with Crippen molar-refractivity contribution in [3.8, 4) is 0 Å². The van der Waals surface area contributed by atoms with Gasteiger partial charge in [0.05, 0.1) is 9.40 Å². The van der Waals surface area contributed by atoms with E-state index in [4.69, 9.17) is 0 Å². The smallest absolute Gasteiger partial charge is 0.285 e. The van der Waals surface area contributed by atoms with Crippen molar-refractivity contribution in [1.29, 1.82) is 0 Å². The summed E-state index contributed by atoms with van der Waals surface area (Å²) in [4.78, 5) is 22.4. The highest BCUT2D eigenvalue weighted by Crippen LogP contribution is 2.28. The first kappa shape index (κ1) is 14.9. The van der Waals surface area contributed by atoms with E-state index in [1.807, 2.05) is 6.07 Å². The molecule has 0 fully saturated rings. The number of amides is 1. The minimum atomic E-state index is -0.509. The number of nitro groups is 1. The summed E-state index contributed by atoms with van der Waals surface area (Å²) in [6, 6.07) is 11.5. The van der Waals surface area contributed by atoms with Crippen LogP contribution in [0.1, 0.15) is 10.4 Å². The molecule has 0 atom stereocenters. The van der Waals surface area contributed by atoms with Gasteiger partial charge in [-0.05, 0) is 68.9 Å². The summed E-state index contributed by atoms with van der Waals surface area (Å²) in [6.07, 6.45) is 0. The first-order valence-corrected chi connectivity index (χ1v) is 7.35. The van der Waals surface area contributed by atoms with E-state index in [0.29, 0.717) is 15.7 Å². The van der Waals surface area contributed by atoms with Crippen molar-refractivity contribution in [3.05, 3.63) is 66.2 Å². The third-order valence-electron chi connectivity index (χ3n) is 2.49. The van der Waals surface area contributed by atoms with Crippen LogP contribution in [-0.4, -0.2) is 10.8 Å². The fraction of sp³-hybridized carbons (Fsp3) is 0. The van der Waals surface area contributed by atoms with Gasteiger partial charge >= 0.3 is 0 Å². The van der Waals surface area contributed by atoms with Gasteiger partial charge in [0.1, 0.15) is 0 Å². The Hall–Kier alpha value is -1.48. The topological polar surface area (TPSA) is 72.2 Å². The summed E-state index contributed by atoms with van der Waals surface area (Å²) in [5.74, 6) is -0.305. The van der Waals surface area contributed by atoms with Crippen molar-refractivity contribution in [3.63, 3.8) is 0 Å². The quantitative estimate of drug-likeness (QED) is 0.436. The third kappa shape index (κ3) is 3.54. The largest absolute Gasteiger partial charge is 0.322 e. The predicted octanol–water partition coefficient (Wildman–Crippen LogP) is 4.21. The van der Waals surface area contributed by atoms with Gasteiger partial charge in [-0.25, -0.2) is 0 Å². The van der Waals surface area contributed by atoms with Crippen LogP contribution in [0.25, 0.3) is 0 Å². The van der Waals surface area contributed by atoms with Gasteiger partial charge < -0.3 is 5.32 Å². The van der Waals surface area contributed by atoms with E-state index in [1.165, 1.54) is 12.1 Å². The molecule has 7 heteroatoms. The van der Waals surface area contributed by atoms with E-state index < -0.39 is 4.92 Å². The molecule has 5 nitrogen and oxygen atoms in total. The summed E-state index contributed by atoms with van der Waals surface area (Å²) >= 11 is 5.21. The molecule has 102 valence electrons. The van der Waals surface area contributed by atoms with E-state index in [2.05, 4.69) is 43.8 Å². The van der Waals surface area contributed by atoms with E-state index in [0.717, 1.165) is 3.57 Å². The molecule has 1 N–H and O–H groups in total.